The van der Waals surface area contributed by atoms with Gasteiger partial charge >= 0.3 is 0 Å². The molecule has 2 aromatic carbocycles. The Balaban J connectivity index is 1.66. The van der Waals surface area contributed by atoms with E-state index in [1.807, 2.05) is 29.2 Å². The molecule has 5 nitrogen and oxygen atoms in total. The summed E-state index contributed by atoms with van der Waals surface area (Å²) in [5.41, 5.74) is 8.14. The van der Waals surface area contributed by atoms with Crippen molar-refractivity contribution in [2.45, 2.75) is 25.8 Å². The molecule has 1 heterocycles. The predicted molar refractivity (Wildman–Crippen MR) is 106 cm³/mol. The second kappa shape index (κ2) is 8.52. The van der Waals surface area contributed by atoms with E-state index in [1.165, 1.54) is 17.7 Å². The van der Waals surface area contributed by atoms with E-state index >= 15 is 0 Å². The number of benzene rings is 2. The molecule has 2 N–H and O–H groups in total. The van der Waals surface area contributed by atoms with Crippen molar-refractivity contribution in [2.75, 3.05) is 26.2 Å². The van der Waals surface area contributed by atoms with Crippen LogP contribution in [-0.4, -0.2) is 47.8 Å². The van der Waals surface area contributed by atoms with Gasteiger partial charge in [0, 0.05) is 31.7 Å². The van der Waals surface area contributed by atoms with Crippen LogP contribution in [-0.2, 0) is 4.79 Å². The fourth-order valence-corrected chi connectivity index (χ4v) is 3.58. The summed E-state index contributed by atoms with van der Waals surface area (Å²) in [5, 5.41) is 0. The second-order valence-corrected chi connectivity index (χ2v) is 7.46. The van der Waals surface area contributed by atoms with E-state index in [-0.39, 0.29) is 11.7 Å². The average Bonchev–Trinajstić information content (AvgIpc) is 2.69. The van der Waals surface area contributed by atoms with Crippen LogP contribution < -0.4 is 5.73 Å². The first-order valence-electron chi connectivity index (χ1n) is 9.55. The van der Waals surface area contributed by atoms with Crippen LogP contribution in [0, 0.1) is 5.82 Å². The van der Waals surface area contributed by atoms with Crippen LogP contribution in [0.5, 0.6) is 0 Å². The first-order chi connectivity index (χ1) is 13.4. The minimum absolute atomic E-state index is 0.00707. The van der Waals surface area contributed by atoms with Gasteiger partial charge in [-0.3, -0.25) is 14.5 Å². The first-order valence-corrected chi connectivity index (χ1v) is 9.55. The average molecular weight is 383 g/mol. The Morgan fingerprint density at radius 3 is 1.93 bits per heavy atom. The third kappa shape index (κ3) is 4.39. The Morgan fingerprint density at radius 1 is 0.893 bits per heavy atom. The van der Waals surface area contributed by atoms with Gasteiger partial charge in [0.1, 0.15) is 11.9 Å². The lowest BCUT2D eigenvalue weighted by atomic mass is 10.0. The fraction of sp³-hybridized carbons (Fsp3) is 0.364. The van der Waals surface area contributed by atoms with Crippen LogP contribution in [0.15, 0.2) is 48.5 Å². The van der Waals surface area contributed by atoms with Crippen LogP contribution >= 0.6 is 0 Å². The van der Waals surface area contributed by atoms with E-state index in [1.54, 1.807) is 17.0 Å². The molecule has 0 radical (unpaired) electrons. The van der Waals surface area contributed by atoms with Crippen LogP contribution in [0.25, 0.3) is 0 Å². The van der Waals surface area contributed by atoms with Gasteiger partial charge in [0.15, 0.2) is 0 Å². The van der Waals surface area contributed by atoms with E-state index in [4.69, 9.17) is 5.73 Å². The molecule has 0 saturated carbocycles. The predicted octanol–water partition coefficient (Wildman–Crippen LogP) is 2.93. The molecule has 1 saturated heterocycles. The van der Waals surface area contributed by atoms with Crippen molar-refractivity contribution < 1.29 is 14.0 Å². The Bertz CT molecular complexity index is 826. The summed E-state index contributed by atoms with van der Waals surface area (Å²) in [4.78, 5) is 28.5. The van der Waals surface area contributed by atoms with E-state index in [9.17, 15) is 14.0 Å². The third-order valence-electron chi connectivity index (χ3n) is 5.25. The number of nitrogens with zero attached hydrogens (tertiary/aromatic N) is 2. The maximum absolute atomic E-state index is 13.2. The largest absolute Gasteiger partial charge is 0.368 e. The molecule has 1 atom stereocenters. The number of piperazine rings is 1. The van der Waals surface area contributed by atoms with Crippen molar-refractivity contribution in [1.29, 1.82) is 0 Å². The normalized spacial score (nSPS) is 16.2. The summed E-state index contributed by atoms with van der Waals surface area (Å²) in [7, 11) is 0. The van der Waals surface area contributed by atoms with Crippen LogP contribution in [0.2, 0.25) is 0 Å². The maximum Gasteiger partial charge on any atom is 0.253 e. The molecule has 1 aliphatic rings. The Labute approximate surface area is 164 Å². The lowest BCUT2D eigenvalue weighted by Crippen LogP contribution is -2.51. The number of amides is 2. The number of primary amides is 1. The molecule has 0 bridgehead atoms. The summed E-state index contributed by atoms with van der Waals surface area (Å²) in [6.07, 6.45) is 0. The minimum atomic E-state index is -0.622. The Morgan fingerprint density at radius 2 is 1.43 bits per heavy atom. The number of carbonyl (C=O) groups is 2. The van der Waals surface area contributed by atoms with E-state index in [0.717, 1.165) is 0 Å². The van der Waals surface area contributed by atoms with Gasteiger partial charge in [0.2, 0.25) is 5.91 Å². The summed E-state index contributed by atoms with van der Waals surface area (Å²) in [5.74, 6) is -0.418. The van der Waals surface area contributed by atoms with Gasteiger partial charge < -0.3 is 10.6 Å². The first kappa shape index (κ1) is 20.0. The van der Waals surface area contributed by atoms with Gasteiger partial charge in [-0.1, -0.05) is 38.1 Å². The molecular formula is C22H26FN3O2. The minimum Gasteiger partial charge on any atom is -0.368 e. The van der Waals surface area contributed by atoms with Crippen molar-refractivity contribution in [2.24, 2.45) is 5.73 Å². The van der Waals surface area contributed by atoms with Crippen molar-refractivity contribution >= 4 is 11.8 Å². The van der Waals surface area contributed by atoms with Gasteiger partial charge in [0.05, 0.1) is 0 Å². The molecule has 3 rings (SSSR count). The highest BCUT2D eigenvalue weighted by atomic mass is 19.1. The number of rotatable bonds is 5. The zero-order valence-electron chi connectivity index (χ0n) is 16.3. The van der Waals surface area contributed by atoms with Gasteiger partial charge in [-0.2, -0.15) is 0 Å². The lowest BCUT2D eigenvalue weighted by Gasteiger charge is -2.38. The van der Waals surface area contributed by atoms with Crippen molar-refractivity contribution in [3.63, 3.8) is 0 Å². The topological polar surface area (TPSA) is 66.6 Å². The third-order valence-corrected chi connectivity index (χ3v) is 5.25. The number of halogens is 1. The molecule has 28 heavy (non-hydrogen) atoms. The molecule has 2 amide bonds. The quantitative estimate of drug-likeness (QED) is 0.863. The standard InChI is InChI=1S/C22H26FN3O2/c1-15(2)16-3-5-18(6-4-16)22(28)26-13-11-25(12-14-26)20(21(24)27)17-7-9-19(23)10-8-17/h3-10,15,20H,11-14H2,1-2H3,(H2,24,27). The van der Waals surface area contributed by atoms with E-state index in [2.05, 4.69) is 13.8 Å². The Kier molecular flexibility index (Phi) is 6.09. The molecule has 0 aromatic heterocycles. The summed E-state index contributed by atoms with van der Waals surface area (Å²) in [6.45, 7) is 6.31. The molecule has 1 aliphatic heterocycles. The van der Waals surface area contributed by atoms with Gasteiger partial charge in [-0.05, 0) is 41.3 Å². The molecule has 0 aliphatic carbocycles. The lowest BCUT2D eigenvalue weighted by molar-refractivity contribution is -0.124. The van der Waals surface area contributed by atoms with Crippen molar-refractivity contribution in [3.8, 4) is 0 Å². The molecule has 1 unspecified atom stereocenters. The highest BCUT2D eigenvalue weighted by Gasteiger charge is 2.30. The van der Waals surface area contributed by atoms with Gasteiger partial charge in [-0.15, -0.1) is 0 Å². The molecular weight excluding hydrogens is 357 g/mol. The van der Waals surface area contributed by atoms with Crippen LogP contribution in [0.1, 0.15) is 47.3 Å². The van der Waals surface area contributed by atoms with Crippen molar-refractivity contribution in [1.82, 2.24) is 9.80 Å². The summed E-state index contributed by atoms with van der Waals surface area (Å²) in [6, 6.07) is 12.9. The highest BCUT2D eigenvalue weighted by Crippen LogP contribution is 2.23. The number of nitrogens with two attached hydrogens (primary N) is 1. The molecule has 1 fully saturated rings. The Hall–Kier alpha value is -2.73. The van der Waals surface area contributed by atoms with Gasteiger partial charge in [-0.25, -0.2) is 4.39 Å². The number of hydrogen-bond acceptors (Lipinski definition) is 3. The van der Waals surface area contributed by atoms with Crippen LogP contribution in [0.4, 0.5) is 4.39 Å². The van der Waals surface area contributed by atoms with E-state index in [0.29, 0.717) is 43.2 Å². The van der Waals surface area contributed by atoms with Gasteiger partial charge in [0.25, 0.3) is 5.91 Å². The zero-order valence-corrected chi connectivity index (χ0v) is 16.3. The molecule has 0 spiro atoms. The number of carbonyl (C=O) groups excluding carboxylic acids is 2. The smallest absolute Gasteiger partial charge is 0.253 e. The SMILES string of the molecule is CC(C)c1ccc(C(=O)N2CCN(C(C(N)=O)c3ccc(F)cc3)CC2)cc1. The summed E-state index contributed by atoms with van der Waals surface area (Å²) >= 11 is 0. The fourth-order valence-electron chi connectivity index (χ4n) is 3.58. The maximum atomic E-state index is 13.2. The molecule has 148 valence electrons. The molecule has 6 heteroatoms. The van der Waals surface area contributed by atoms with Crippen LogP contribution in [0.3, 0.4) is 0 Å². The monoisotopic (exact) mass is 383 g/mol. The van der Waals surface area contributed by atoms with Crippen molar-refractivity contribution in [3.05, 3.63) is 71.0 Å². The second-order valence-electron chi connectivity index (χ2n) is 7.46. The molecule has 2 aromatic rings. The zero-order chi connectivity index (χ0) is 20.3. The van der Waals surface area contributed by atoms with E-state index < -0.39 is 11.9 Å². The summed E-state index contributed by atoms with van der Waals surface area (Å²) < 4.78 is 13.2. The number of hydrogen-bond donors (Lipinski definition) is 1. The highest BCUT2D eigenvalue weighted by molar-refractivity contribution is 5.94.